The maximum Gasteiger partial charge on any atom is 0.259 e. The van der Waals surface area contributed by atoms with Crippen LogP contribution in [0.4, 0.5) is 14.5 Å². The van der Waals surface area contributed by atoms with Gasteiger partial charge in [-0.1, -0.05) is 27.6 Å². The van der Waals surface area contributed by atoms with Crippen LogP contribution >= 0.6 is 15.9 Å². The normalized spacial score (nSPS) is 10.4. The highest BCUT2D eigenvalue weighted by molar-refractivity contribution is 9.10. The van der Waals surface area contributed by atoms with Gasteiger partial charge in [0.25, 0.3) is 5.91 Å². The number of anilines is 1. The highest BCUT2D eigenvalue weighted by Crippen LogP contribution is 2.26. The molecule has 3 nitrogen and oxygen atoms in total. The van der Waals surface area contributed by atoms with Crippen LogP contribution in [0, 0.1) is 18.6 Å². The molecule has 6 heteroatoms. The van der Waals surface area contributed by atoms with Gasteiger partial charge in [0.2, 0.25) is 0 Å². The smallest absolute Gasteiger partial charge is 0.259 e. The van der Waals surface area contributed by atoms with Crippen LogP contribution in [0.15, 0.2) is 34.8 Å². The lowest BCUT2D eigenvalue weighted by Crippen LogP contribution is -2.14. The highest BCUT2D eigenvalue weighted by Gasteiger charge is 2.17. The monoisotopic (exact) mass is 341 g/mol. The molecule has 2 aromatic rings. The molecule has 0 aliphatic rings. The number of phenols is 1. The first-order chi connectivity index (χ1) is 9.38. The van der Waals surface area contributed by atoms with Crippen LogP contribution in [0.2, 0.25) is 0 Å². The first-order valence-corrected chi connectivity index (χ1v) is 6.43. The van der Waals surface area contributed by atoms with Gasteiger partial charge < -0.3 is 10.4 Å². The van der Waals surface area contributed by atoms with Crippen LogP contribution in [0.25, 0.3) is 0 Å². The van der Waals surface area contributed by atoms with Crippen molar-refractivity contribution < 1.29 is 18.7 Å². The molecule has 0 aliphatic carbocycles. The van der Waals surface area contributed by atoms with E-state index < -0.39 is 23.2 Å². The van der Waals surface area contributed by atoms with Gasteiger partial charge in [-0.3, -0.25) is 4.79 Å². The Morgan fingerprint density at radius 2 is 1.80 bits per heavy atom. The zero-order valence-corrected chi connectivity index (χ0v) is 12.0. The minimum absolute atomic E-state index is 0.0493. The molecular formula is C14H10BrF2NO2. The van der Waals surface area contributed by atoms with Gasteiger partial charge in [0, 0.05) is 4.47 Å². The SMILES string of the molecule is Cc1ccc(O)c(C(=O)Nc2c(F)cc(Br)cc2F)c1. The summed E-state index contributed by atoms with van der Waals surface area (Å²) in [6.45, 7) is 1.73. The summed E-state index contributed by atoms with van der Waals surface area (Å²) < 4.78 is 27.5. The molecule has 0 saturated carbocycles. The lowest BCUT2D eigenvalue weighted by molar-refractivity contribution is 0.102. The van der Waals surface area contributed by atoms with Crippen LogP contribution in [0.1, 0.15) is 15.9 Å². The van der Waals surface area contributed by atoms with E-state index in [-0.39, 0.29) is 15.8 Å². The van der Waals surface area contributed by atoms with Gasteiger partial charge in [-0.25, -0.2) is 8.78 Å². The second-order valence-corrected chi connectivity index (χ2v) is 5.13. The fourth-order valence-corrected chi connectivity index (χ4v) is 2.08. The average molecular weight is 342 g/mol. The van der Waals surface area contributed by atoms with Crippen molar-refractivity contribution in [3.63, 3.8) is 0 Å². The number of aromatic hydroxyl groups is 1. The molecule has 104 valence electrons. The number of carbonyl (C=O) groups excluding carboxylic acids is 1. The Morgan fingerprint density at radius 1 is 1.20 bits per heavy atom. The Bertz CT molecular complexity index is 666. The zero-order valence-electron chi connectivity index (χ0n) is 10.4. The zero-order chi connectivity index (χ0) is 14.9. The summed E-state index contributed by atoms with van der Waals surface area (Å²) in [5.74, 6) is -2.85. The molecule has 0 atom stereocenters. The van der Waals surface area contributed by atoms with E-state index in [1.165, 1.54) is 12.1 Å². The first-order valence-electron chi connectivity index (χ1n) is 5.64. The predicted octanol–water partition coefficient (Wildman–Crippen LogP) is 3.99. The molecule has 0 radical (unpaired) electrons. The number of carbonyl (C=O) groups is 1. The van der Waals surface area contributed by atoms with Crippen molar-refractivity contribution in [2.24, 2.45) is 0 Å². The van der Waals surface area contributed by atoms with Crippen molar-refractivity contribution in [2.45, 2.75) is 6.92 Å². The number of phenolic OH excluding ortho intramolecular Hbond substituents is 1. The summed E-state index contributed by atoms with van der Waals surface area (Å²) in [6, 6.07) is 6.47. The fraction of sp³-hybridized carbons (Fsp3) is 0.0714. The lowest BCUT2D eigenvalue weighted by Gasteiger charge is -2.09. The van der Waals surface area contributed by atoms with Gasteiger partial charge in [-0.05, 0) is 31.2 Å². The standard InChI is InChI=1S/C14H10BrF2NO2/c1-7-2-3-12(19)9(4-7)14(20)18-13-10(16)5-8(15)6-11(13)17/h2-6,19H,1H3,(H,18,20). The molecule has 0 fully saturated rings. The summed E-state index contributed by atoms with van der Waals surface area (Å²) in [7, 11) is 0. The third-order valence-corrected chi connectivity index (χ3v) is 3.10. The molecule has 20 heavy (non-hydrogen) atoms. The minimum atomic E-state index is -0.905. The molecule has 2 aromatic carbocycles. The van der Waals surface area contributed by atoms with Gasteiger partial charge in [-0.15, -0.1) is 0 Å². The average Bonchev–Trinajstić information content (AvgIpc) is 2.36. The van der Waals surface area contributed by atoms with Crippen molar-refractivity contribution in [1.29, 1.82) is 0 Å². The summed E-state index contributed by atoms with van der Waals surface area (Å²) in [4.78, 5) is 12.0. The Balaban J connectivity index is 2.35. The number of benzene rings is 2. The molecule has 0 bridgehead atoms. The van der Waals surface area contributed by atoms with E-state index in [9.17, 15) is 18.7 Å². The molecule has 0 aromatic heterocycles. The molecular weight excluding hydrogens is 332 g/mol. The van der Waals surface area contributed by atoms with Gasteiger partial charge in [0.1, 0.15) is 11.4 Å². The Kier molecular flexibility index (Phi) is 4.04. The Labute approximate surface area is 122 Å². The second kappa shape index (κ2) is 5.58. The molecule has 2 N–H and O–H groups in total. The predicted molar refractivity (Wildman–Crippen MR) is 74.9 cm³/mol. The van der Waals surface area contributed by atoms with E-state index in [1.54, 1.807) is 13.0 Å². The topological polar surface area (TPSA) is 49.3 Å². The summed E-state index contributed by atoms with van der Waals surface area (Å²) in [5, 5.41) is 11.7. The molecule has 0 heterocycles. The molecule has 0 saturated heterocycles. The van der Waals surface area contributed by atoms with Crippen LogP contribution in [0.3, 0.4) is 0 Å². The lowest BCUT2D eigenvalue weighted by atomic mass is 10.1. The minimum Gasteiger partial charge on any atom is -0.507 e. The number of hydrogen-bond acceptors (Lipinski definition) is 2. The molecule has 1 amide bonds. The van der Waals surface area contributed by atoms with E-state index >= 15 is 0 Å². The second-order valence-electron chi connectivity index (χ2n) is 4.22. The Hall–Kier alpha value is -1.95. The fourth-order valence-electron chi connectivity index (χ4n) is 1.67. The molecule has 0 aliphatic heterocycles. The van der Waals surface area contributed by atoms with Crippen LogP contribution in [-0.2, 0) is 0 Å². The van der Waals surface area contributed by atoms with Crippen molar-refractivity contribution >= 4 is 27.5 Å². The van der Waals surface area contributed by atoms with Crippen LogP contribution in [-0.4, -0.2) is 11.0 Å². The van der Waals surface area contributed by atoms with Crippen molar-refractivity contribution in [3.8, 4) is 5.75 Å². The van der Waals surface area contributed by atoms with Gasteiger partial charge in [0.15, 0.2) is 11.6 Å². The number of aryl methyl sites for hydroxylation is 1. The van der Waals surface area contributed by atoms with Gasteiger partial charge in [-0.2, -0.15) is 0 Å². The number of amides is 1. The van der Waals surface area contributed by atoms with Crippen molar-refractivity contribution in [3.05, 3.63) is 57.6 Å². The quantitative estimate of drug-likeness (QED) is 0.867. The van der Waals surface area contributed by atoms with Crippen molar-refractivity contribution in [1.82, 2.24) is 0 Å². The van der Waals surface area contributed by atoms with Crippen molar-refractivity contribution in [2.75, 3.05) is 5.32 Å². The van der Waals surface area contributed by atoms with Crippen LogP contribution < -0.4 is 5.32 Å². The molecule has 0 unspecified atom stereocenters. The molecule has 0 spiro atoms. The van der Waals surface area contributed by atoms with E-state index in [0.29, 0.717) is 0 Å². The van der Waals surface area contributed by atoms with E-state index in [0.717, 1.165) is 17.7 Å². The number of halogens is 3. The third kappa shape index (κ3) is 2.96. The number of nitrogens with one attached hydrogen (secondary N) is 1. The van der Waals surface area contributed by atoms with E-state index in [1.807, 2.05) is 0 Å². The summed E-state index contributed by atoms with van der Waals surface area (Å²) in [5.41, 5.74) is 0.135. The third-order valence-electron chi connectivity index (χ3n) is 2.64. The Morgan fingerprint density at radius 3 is 2.40 bits per heavy atom. The van der Waals surface area contributed by atoms with E-state index in [4.69, 9.17) is 0 Å². The van der Waals surface area contributed by atoms with E-state index in [2.05, 4.69) is 21.2 Å². The largest absolute Gasteiger partial charge is 0.507 e. The first kappa shape index (κ1) is 14.5. The van der Waals surface area contributed by atoms with Gasteiger partial charge >= 0.3 is 0 Å². The molecule has 2 rings (SSSR count). The maximum atomic E-state index is 13.6. The summed E-state index contributed by atoms with van der Waals surface area (Å²) >= 11 is 2.95. The van der Waals surface area contributed by atoms with Gasteiger partial charge in [0.05, 0.1) is 5.56 Å². The van der Waals surface area contributed by atoms with Crippen LogP contribution in [0.5, 0.6) is 5.75 Å². The number of hydrogen-bond donors (Lipinski definition) is 2. The highest BCUT2D eigenvalue weighted by atomic mass is 79.9. The number of rotatable bonds is 2. The summed E-state index contributed by atoms with van der Waals surface area (Å²) in [6.07, 6.45) is 0. The maximum absolute atomic E-state index is 13.6.